The lowest BCUT2D eigenvalue weighted by atomic mass is 10.3. The SMILES string of the molecule is Cc1nc2n(c1C)CCN(Cc1cc(=O)n3ccccc3n1)C2. The Morgan fingerprint density at radius 2 is 2.04 bits per heavy atom. The Morgan fingerprint density at radius 3 is 2.91 bits per heavy atom. The molecular formula is C17H19N5O. The van der Waals surface area contributed by atoms with E-state index in [0.717, 1.165) is 36.8 Å². The summed E-state index contributed by atoms with van der Waals surface area (Å²) in [5, 5.41) is 0. The van der Waals surface area contributed by atoms with Crippen molar-refractivity contribution in [3.8, 4) is 0 Å². The van der Waals surface area contributed by atoms with Crippen molar-refractivity contribution in [3.05, 3.63) is 63.7 Å². The zero-order chi connectivity index (χ0) is 16.0. The van der Waals surface area contributed by atoms with Crippen LogP contribution in [0.15, 0.2) is 35.3 Å². The first-order valence-electron chi connectivity index (χ1n) is 7.84. The van der Waals surface area contributed by atoms with E-state index in [0.29, 0.717) is 12.2 Å². The largest absolute Gasteiger partial charge is 0.330 e. The van der Waals surface area contributed by atoms with Gasteiger partial charge in [-0.3, -0.25) is 14.1 Å². The summed E-state index contributed by atoms with van der Waals surface area (Å²) in [4.78, 5) is 23.7. The molecule has 0 spiro atoms. The summed E-state index contributed by atoms with van der Waals surface area (Å²) in [7, 11) is 0. The summed E-state index contributed by atoms with van der Waals surface area (Å²) in [6.07, 6.45) is 1.75. The molecule has 6 heteroatoms. The van der Waals surface area contributed by atoms with Crippen molar-refractivity contribution in [2.24, 2.45) is 0 Å². The van der Waals surface area contributed by atoms with E-state index < -0.39 is 0 Å². The summed E-state index contributed by atoms with van der Waals surface area (Å²) in [6, 6.07) is 7.23. The number of hydrogen-bond donors (Lipinski definition) is 0. The fourth-order valence-electron chi connectivity index (χ4n) is 3.21. The molecule has 118 valence electrons. The van der Waals surface area contributed by atoms with Crippen LogP contribution < -0.4 is 5.56 Å². The molecular weight excluding hydrogens is 290 g/mol. The molecule has 3 aromatic rings. The Morgan fingerprint density at radius 1 is 1.17 bits per heavy atom. The van der Waals surface area contributed by atoms with E-state index in [2.05, 4.69) is 33.3 Å². The zero-order valence-electron chi connectivity index (χ0n) is 13.4. The van der Waals surface area contributed by atoms with E-state index in [1.54, 1.807) is 16.7 Å². The van der Waals surface area contributed by atoms with Gasteiger partial charge in [-0.15, -0.1) is 0 Å². The molecule has 0 radical (unpaired) electrons. The molecule has 0 unspecified atom stereocenters. The molecule has 0 aromatic carbocycles. The Labute approximate surface area is 134 Å². The Kier molecular flexibility index (Phi) is 3.27. The highest BCUT2D eigenvalue weighted by Crippen LogP contribution is 2.18. The summed E-state index contributed by atoms with van der Waals surface area (Å²) in [5.74, 6) is 1.10. The maximum absolute atomic E-state index is 12.2. The molecule has 3 aromatic heterocycles. The average Bonchev–Trinajstić information content (AvgIpc) is 2.82. The molecule has 0 N–H and O–H groups in total. The number of imidazole rings is 1. The van der Waals surface area contributed by atoms with E-state index in [1.165, 1.54) is 5.69 Å². The molecule has 4 heterocycles. The monoisotopic (exact) mass is 309 g/mol. The van der Waals surface area contributed by atoms with Crippen LogP contribution in [0.4, 0.5) is 0 Å². The van der Waals surface area contributed by atoms with Gasteiger partial charge in [-0.05, 0) is 26.0 Å². The maximum Gasteiger partial charge on any atom is 0.258 e. The van der Waals surface area contributed by atoms with Gasteiger partial charge in [0, 0.05) is 37.6 Å². The second-order valence-electron chi connectivity index (χ2n) is 6.08. The van der Waals surface area contributed by atoms with Crippen molar-refractivity contribution in [3.63, 3.8) is 0 Å². The van der Waals surface area contributed by atoms with E-state index in [-0.39, 0.29) is 5.56 Å². The molecule has 4 rings (SSSR count). The Balaban J connectivity index is 1.61. The van der Waals surface area contributed by atoms with Crippen molar-refractivity contribution < 1.29 is 0 Å². The van der Waals surface area contributed by atoms with Crippen LogP contribution in [0.2, 0.25) is 0 Å². The van der Waals surface area contributed by atoms with E-state index in [1.807, 2.05) is 18.2 Å². The van der Waals surface area contributed by atoms with E-state index in [9.17, 15) is 4.79 Å². The van der Waals surface area contributed by atoms with Crippen LogP contribution in [0.25, 0.3) is 5.65 Å². The van der Waals surface area contributed by atoms with Crippen LogP contribution in [-0.2, 0) is 19.6 Å². The zero-order valence-corrected chi connectivity index (χ0v) is 13.4. The van der Waals surface area contributed by atoms with Gasteiger partial charge in [-0.1, -0.05) is 6.07 Å². The average molecular weight is 309 g/mol. The van der Waals surface area contributed by atoms with Crippen LogP contribution in [0, 0.1) is 13.8 Å². The van der Waals surface area contributed by atoms with Gasteiger partial charge in [0.25, 0.3) is 5.56 Å². The van der Waals surface area contributed by atoms with Crippen LogP contribution in [0.1, 0.15) is 22.9 Å². The number of pyridine rings is 1. The van der Waals surface area contributed by atoms with Gasteiger partial charge in [0.1, 0.15) is 11.5 Å². The molecule has 0 fully saturated rings. The Hall–Kier alpha value is -2.47. The van der Waals surface area contributed by atoms with Crippen molar-refractivity contribution in [1.82, 2.24) is 23.8 Å². The van der Waals surface area contributed by atoms with Crippen molar-refractivity contribution >= 4 is 5.65 Å². The predicted octanol–water partition coefficient (Wildman–Crippen LogP) is 1.52. The van der Waals surface area contributed by atoms with Gasteiger partial charge in [0.05, 0.1) is 17.9 Å². The van der Waals surface area contributed by atoms with Crippen molar-refractivity contribution in [2.45, 2.75) is 33.5 Å². The van der Waals surface area contributed by atoms with Gasteiger partial charge < -0.3 is 4.57 Å². The lowest BCUT2D eigenvalue weighted by Gasteiger charge is -2.27. The van der Waals surface area contributed by atoms with E-state index >= 15 is 0 Å². The molecule has 0 saturated carbocycles. The van der Waals surface area contributed by atoms with Gasteiger partial charge in [-0.2, -0.15) is 0 Å². The normalized spacial score (nSPS) is 15.0. The number of fused-ring (bicyclic) bond motifs is 2. The summed E-state index contributed by atoms with van der Waals surface area (Å²) < 4.78 is 3.85. The number of aryl methyl sites for hydroxylation is 1. The lowest BCUT2D eigenvalue weighted by Crippen LogP contribution is -2.34. The number of aromatic nitrogens is 4. The smallest absolute Gasteiger partial charge is 0.258 e. The highest BCUT2D eigenvalue weighted by atomic mass is 16.1. The second-order valence-corrected chi connectivity index (χ2v) is 6.08. The third kappa shape index (κ3) is 2.45. The van der Waals surface area contributed by atoms with Gasteiger partial charge >= 0.3 is 0 Å². The standard InChI is InChI=1S/C17H19N5O/c1-12-13(2)21-8-7-20(11-16(21)18-12)10-14-9-17(23)22-6-4-3-5-15(22)19-14/h3-6,9H,7-8,10-11H2,1-2H3. The second kappa shape index (κ2) is 5.31. The van der Waals surface area contributed by atoms with Crippen LogP contribution in [0.3, 0.4) is 0 Å². The molecule has 0 aliphatic carbocycles. The van der Waals surface area contributed by atoms with Crippen LogP contribution in [0.5, 0.6) is 0 Å². The summed E-state index contributed by atoms with van der Waals surface area (Å²) in [6.45, 7) is 7.52. The van der Waals surface area contributed by atoms with Gasteiger partial charge in [0.2, 0.25) is 0 Å². The minimum atomic E-state index is -0.0317. The summed E-state index contributed by atoms with van der Waals surface area (Å²) in [5.41, 5.74) is 3.83. The molecule has 23 heavy (non-hydrogen) atoms. The topological polar surface area (TPSA) is 55.4 Å². The summed E-state index contributed by atoms with van der Waals surface area (Å²) >= 11 is 0. The number of rotatable bonds is 2. The molecule has 0 saturated heterocycles. The predicted molar refractivity (Wildman–Crippen MR) is 87.3 cm³/mol. The number of nitrogens with zero attached hydrogens (tertiary/aromatic N) is 5. The molecule has 1 aliphatic heterocycles. The van der Waals surface area contributed by atoms with Crippen molar-refractivity contribution in [1.29, 1.82) is 0 Å². The maximum atomic E-state index is 12.2. The fraction of sp³-hybridized carbons (Fsp3) is 0.353. The highest BCUT2D eigenvalue weighted by molar-refractivity contribution is 5.38. The molecule has 1 aliphatic rings. The first kappa shape index (κ1) is 14.1. The minimum absolute atomic E-state index is 0.0317. The van der Waals surface area contributed by atoms with Crippen molar-refractivity contribution in [2.75, 3.05) is 6.54 Å². The van der Waals surface area contributed by atoms with Gasteiger partial charge in [0.15, 0.2) is 0 Å². The van der Waals surface area contributed by atoms with E-state index in [4.69, 9.17) is 0 Å². The third-order valence-electron chi connectivity index (χ3n) is 4.55. The molecule has 6 nitrogen and oxygen atoms in total. The third-order valence-corrected chi connectivity index (χ3v) is 4.55. The lowest BCUT2D eigenvalue weighted by molar-refractivity contribution is 0.205. The molecule has 0 amide bonds. The highest BCUT2D eigenvalue weighted by Gasteiger charge is 2.20. The fourth-order valence-corrected chi connectivity index (χ4v) is 3.21. The first-order chi connectivity index (χ1) is 11.1. The van der Waals surface area contributed by atoms with Crippen LogP contribution >= 0.6 is 0 Å². The first-order valence-corrected chi connectivity index (χ1v) is 7.84. The molecule has 0 atom stereocenters. The molecule has 0 bridgehead atoms. The van der Waals surface area contributed by atoms with Gasteiger partial charge in [-0.25, -0.2) is 9.97 Å². The quantitative estimate of drug-likeness (QED) is 0.720. The van der Waals surface area contributed by atoms with Crippen LogP contribution in [-0.4, -0.2) is 30.4 Å². The Bertz CT molecular complexity index is 940. The number of hydrogen-bond acceptors (Lipinski definition) is 4. The minimum Gasteiger partial charge on any atom is -0.330 e.